The van der Waals surface area contributed by atoms with Gasteiger partial charge in [0, 0.05) is 26.7 Å². The molecule has 0 radical (unpaired) electrons. The molecular formula is C22H26FN3O2S. The Hall–Kier alpha value is -2.22. The van der Waals surface area contributed by atoms with E-state index in [1.165, 1.54) is 22.3 Å². The number of likely N-dealkylation sites (tertiary alicyclic amines) is 1. The summed E-state index contributed by atoms with van der Waals surface area (Å²) >= 11 is 1.74. The molecule has 154 valence electrons. The summed E-state index contributed by atoms with van der Waals surface area (Å²) in [5.74, 6) is 0.273. The number of benzene rings is 2. The SMILES string of the molecule is Cn1c(=NC2CCN(CC(O)COc3ccc(F)cc3)CC2)sc2ccccc21. The van der Waals surface area contributed by atoms with Crippen molar-refractivity contribution in [3.63, 3.8) is 0 Å². The molecule has 7 heteroatoms. The number of halogens is 1. The minimum atomic E-state index is -0.575. The van der Waals surface area contributed by atoms with E-state index in [-0.39, 0.29) is 12.4 Å². The van der Waals surface area contributed by atoms with Crippen LogP contribution < -0.4 is 9.54 Å². The standard InChI is InChI=1S/C22H26FN3O2S/c1-25-20-4-2-3-5-21(20)29-22(25)24-17-10-12-26(13-11-17)14-18(27)15-28-19-8-6-16(23)7-9-19/h2-9,17-18,27H,10-15H2,1H3. The maximum absolute atomic E-state index is 12.9. The van der Waals surface area contributed by atoms with E-state index in [1.54, 1.807) is 23.5 Å². The molecule has 0 spiro atoms. The van der Waals surface area contributed by atoms with Crippen molar-refractivity contribution in [1.29, 1.82) is 0 Å². The van der Waals surface area contributed by atoms with Gasteiger partial charge in [0.05, 0.1) is 16.3 Å². The number of para-hydroxylation sites is 1. The summed E-state index contributed by atoms with van der Waals surface area (Å²) in [5, 5.41) is 10.3. The number of hydrogen-bond donors (Lipinski definition) is 1. The summed E-state index contributed by atoms with van der Waals surface area (Å²) in [4.78, 5) is 8.32. The summed E-state index contributed by atoms with van der Waals surface area (Å²) in [5.41, 5.74) is 1.22. The van der Waals surface area contributed by atoms with Crippen molar-refractivity contribution in [2.24, 2.45) is 12.0 Å². The fourth-order valence-corrected chi connectivity index (χ4v) is 4.75. The minimum Gasteiger partial charge on any atom is -0.491 e. The van der Waals surface area contributed by atoms with Gasteiger partial charge in [0.1, 0.15) is 24.3 Å². The highest BCUT2D eigenvalue weighted by molar-refractivity contribution is 7.16. The van der Waals surface area contributed by atoms with Gasteiger partial charge in [-0.25, -0.2) is 4.39 Å². The predicted octanol–water partition coefficient (Wildman–Crippen LogP) is 3.18. The second-order valence-corrected chi connectivity index (χ2v) is 8.50. The molecule has 0 amide bonds. The van der Waals surface area contributed by atoms with Crippen LogP contribution in [0.25, 0.3) is 10.2 Å². The maximum Gasteiger partial charge on any atom is 0.185 e. The Kier molecular flexibility index (Phi) is 6.28. The van der Waals surface area contributed by atoms with E-state index < -0.39 is 6.10 Å². The lowest BCUT2D eigenvalue weighted by Gasteiger charge is -2.31. The minimum absolute atomic E-state index is 0.202. The van der Waals surface area contributed by atoms with E-state index in [1.807, 2.05) is 0 Å². The van der Waals surface area contributed by atoms with Crippen molar-refractivity contribution in [3.8, 4) is 5.75 Å². The van der Waals surface area contributed by atoms with Crippen LogP contribution in [-0.2, 0) is 7.05 Å². The Morgan fingerprint density at radius 1 is 1.17 bits per heavy atom. The molecule has 3 aromatic rings. The zero-order valence-electron chi connectivity index (χ0n) is 16.5. The molecule has 1 aliphatic heterocycles. The van der Waals surface area contributed by atoms with Gasteiger partial charge in [0.25, 0.3) is 0 Å². The molecule has 2 aromatic carbocycles. The smallest absolute Gasteiger partial charge is 0.185 e. The van der Waals surface area contributed by atoms with E-state index in [4.69, 9.17) is 9.73 Å². The van der Waals surface area contributed by atoms with Gasteiger partial charge in [-0.3, -0.25) is 4.99 Å². The first-order valence-electron chi connectivity index (χ1n) is 9.95. The van der Waals surface area contributed by atoms with Gasteiger partial charge in [-0.05, 0) is 49.2 Å². The molecule has 5 nitrogen and oxygen atoms in total. The molecule has 4 rings (SSSR count). The largest absolute Gasteiger partial charge is 0.491 e. The van der Waals surface area contributed by atoms with Crippen LogP contribution in [0.1, 0.15) is 12.8 Å². The Bertz CT molecular complexity index is 1010. The molecule has 1 N–H and O–H groups in total. The van der Waals surface area contributed by atoms with Crippen LogP contribution in [0.3, 0.4) is 0 Å². The van der Waals surface area contributed by atoms with Gasteiger partial charge in [-0.15, -0.1) is 0 Å². The van der Waals surface area contributed by atoms with Crippen molar-refractivity contribution >= 4 is 21.6 Å². The lowest BCUT2D eigenvalue weighted by atomic mass is 10.1. The summed E-state index contributed by atoms with van der Waals surface area (Å²) in [6, 6.07) is 14.6. The van der Waals surface area contributed by atoms with Gasteiger partial charge in [-0.1, -0.05) is 23.5 Å². The molecule has 2 heterocycles. The van der Waals surface area contributed by atoms with E-state index in [2.05, 4.69) is 40.8 Å². The molecule has 29 heavy (non-hydrogen) atoms. The second kappa shape index (κ2) is 9.07. The van der Waals surface area contributed by atoms with Crippen molar-refractivity contribution in [1.82, 2.24) is 9.47 Å². The van der Waals surface area contributed by atoms with Crippen molar-refractivity contribution in [2.75, 3.05) is 26.2 Å². The highest BCUT2D eigenvalue weighted by atomic mass is 32.1. The molecule has 1 fully saturated rings. The second-order valence-electron chi connectivity index (χ2n) is 7.49. The van der Waals surface area contributed by atoms with Crippen molar-refractivity contribution in [2.45, 2.75) is 25.0 Å². The molecule has 0 saturated carbocycles. The number of aliphatic hydroxyl groups is 1. The molecular weight excluding hydrogens is 389 g/mol. The number of aromatic nitrogens is 1. The lowest BCUT2D eigenvalue weighted by Crippen LogP contribution is -2.42. The zero-order chi connectivity index (χ0) is 20.2. The van der Waals surface area contributed by atoms with Gasteiger partial charge >= 0.3 is 0 Å². The number of aryl methyl sites for hydroxylation is 1. The molecule has 0 aliphatic carbocycles. The number of fused-ring (bicyclic) bond motifs is 1. The average Bonchev–Trinajstić information content (AvgIpc) is 3.05. The number of thiazole rings is 1. The average molecular weight is 416 g/mol. The summed E-state index contributed by atoms with van der Waals surface area (Å²) in [7, 11) is 2.07. The lowest BCUT2D eigenvalue weighted by molar-refractivity contribution is 0.0596. The summed E-state index contributed by atoms with van der Waals surface area (Å²) < 4.78 is 21.9. The van der Waals surface area contributed by atoms with E-state index in [0.29, 0.717) is 18.3 Å². The highest BCUT2D eigenvalue weighted by Crippen LogP contribution is 2.18. The van der Waals surface area contributed by atoms with Gasteiger partial charge in [-0.2, -0.15) is 0 Å². The monoisotopic (exact) mass is 415 g/mol. The maximum atomic E-state index is 12.9. The van der Waals surface area contributed by atoms with Crippen LogP contribution in [0.5, 0.6) is 5.75 Å². The van der Waals surface area contributed by atoms with Crippen molar-refractivity contribution in [3.05, 3.63) is 59.1 Å². The van der Waals surface area contributed by atoms with Gasteiger partial charge in [0.15, 0.2) is 4.80 Å². The van der Waals surface area contributed by atoms with Crippen molar-refractivity contribution < 1.29 is 14.2 Å². The van der Waals surface area contributed by atoms with Crippen LogP contribution in [0, 0.1) is 5.82 Å². The first-order chi connectivity index (χ1) is 14.1. The van der Waals surface area contributed by atoms with Gasteiger partial charge in [0.2, 0.25) is 0 Å². The zero-order valence-corrected chi connectivity index (χ0v) is 17.3. The quantitative estimate of drug-likeness (QED) is 0.673. The Balaban J connectivity index is 1.27. The third-order valence-corrected chi connectivity index (χ3v) is 6.42. The first-order valence-corrected chi connectivity index (χ1v) is 10.8. The van der Waals surface area contributed by atoms with Crippen LogP contribution in [0.4, 0.5) is 4.39 Å². The topological polar surface area (TPSA) is 50.0 Å². The highest BCUT2D eigenvalue weighted by Gasteiger charge is 2.21. The van der Waals surface area contributed by atoms with Crippen LogP contribution in [0.2, 0.25) is 0 Å². The number of hydrogen-bond acceptors (Lipinski definition) is 5. The molecule has 1 unspecified atom stereocenters. The summed E-state index contributed by atoms with van der Waals surface area (Å²) in [6.07, 6.45) is 1.40. The molecule has 0 bridgehead atoms. The Morgan fingerprint density at radius 2 is 1.90 bits per heavy atom. The Morgan fingerprint density at radius 3 is 2.62 bits per heavy atom. The van der Waals surface area contributed by atoms with E-state index >= 15 is 0 Å². The molecule has 1 aromatic heterocycles. The molecule has 1 aliphatic rings. The third kappa shape index (κ3) is 5.04. The van der Waals surface area contributed by atoms with Crippen LogP contribution in [-0.4, -0.2) is 53.0 Å². The van der Waals surface area contributed by atoms with E-state index in [9.17, 15) is 9.50 Å². The Labute approximate surface area is 173 Å². The van der Waals surface area contributed by atoms with Crippen LogP contribution >= 0.6 is 11.3 Å². The third-order valence-electron chi connectivity index (χ3n) is 5.29. The fraction of sp³-hybridized carbons (Fsp3) is 0.409. The number of rotatable bonds is 6. The number of piperidine rings is 1. The number of β-amino-alcohol motifs (C(OH)–C–C–N with tert-alkyl or cyclic N) is 1. The number of aliphatic hydroxyl groups excluding tert-OH is 1. The fourth-order valence-electron chi connectivity index (χ4n) is 3.66. The number of ether oxygens (including phenoxy) is 1. The number of nitrogens with zero attached hydrogens (tertiary/aromatic N) is 3. The van der Waals surface area contributed by atoms with Crippen LogP contribution in [0.15, 0.2) is 53.5 Å². The van der Waals surface area contributed by atoms with E-state index in [0.717, 1.165) is 30.7 Å². The normalized spacial score (nSPS) is 17.7. The van der Waals surface area contributed by atoms with Gasteiger partial charge < -0.3 is 19.3 Å². The predicted molar refractivity (Wildman–Crippen MR) is 114 cm³/mol. The molecule has 1 saturated heterocycles. The first kappa shape index (κ1) is 20.1. The molecule has 1 atom stereocenters. The summed E-state index contributed by atoms with van der Waals surface area (Å²) in [6.45, 7) is 2.60.